The van der Waals surface area contributed by atoms with Gasteiger partial charge in [-0.1, -0.05) is 17.7 Å². The maximum atomic E-state index is 13.4. The van der Waals surface area contributed by atoms with E-state index in [1.807, 2.05) is 0 Å². The number of halogens is 4. The Morgan fingerprint density at radius 3 is 2.56 bits per heavy atom. The molecule has 0 saturated heterocycles. The molecule has 0 unspecified atom stereocenters. The van der Waals surface area contributed by atoms with Crippen LogP contribution in [0.15, 0.2) is 21.5 Å². The topological polar surface area (TPSA) is 37.3 Å². The van der Waals surface area contributed by atoms with Gasteiger partial charge in [0.2, 0.25) is 0 Å². The van der Waals surface area contributed by atoms with Crippen molar-refractivity contribution in [2.24, 2.45) is 0 Å². The molecule has 1 aromatic carbocycles. The van der Waals surface area contributed by atoms with Crippen molar-refractivity contribution >= 4 is 45.3 Å². The summed E-state index contributed by atoms with van der Waals surface area (Å²) in [5, 5.41) is 8.55. The molecule has 2 nitrogen and oxygen atoms in total. The van der Waals surface area contributed by atoms with E-state index in [0.29, 0.717) is 4.47 Å². The summed E-state index contributed by atoms with van der Waals surface area (Å²) in [4.78, 5) is 10.5. The Morgan fingerprint density at radius 2 is 2.12 bits per heavy atom. The lowest BCUT2D eigenvalue weighted by atomic mass is 10.1. The molecule has 88 valence electrons. The third-order valence-corrected chi connectivity index (χ3v) is 4.09. The molecule has 0 radical (unpaired) electrons. The smallest absolute Gasteiger partial charge is 0.379 e. The minimum atomic E-state index is -3.94. The van der Waals surface area contributed by atoms with Gasteiger partial charge in [0.15, 0.2) is 0 Å². The highest BCUT2D eigenvalue weighted by Crippen LogP contribution is 2.41. The first-order chi connectivity index (χ1) is 7.32. The summed E-state index contributed by atoms with van der Waals surface area (Å²) in [6.45, 7) is 0. The molecule has 0 spiro atoms. The maximum Gasteiger partial charge on any atom is 0.379 e. The molecule has 16 heavy (non-hydrogen) atoms. The van der Waals surface area contributed by atoms with Crippen molar-refractivity contribution < 1.29 is 18.7 Å². The van der Waals surface area contributed by atoms with E-state index in [9.17, 15) is 13.6 Å². The second-order valence-corrected chi connectivity index (χ2v) is 4.87. The lowest BCUT2D eigenvalue weighted by Crippen LogP contribution is -2.26. The predicted molar refractivity (Wildman–Crippen MR) is 62.5 cm³/mol. The Hall–Kier alpha value is -0.330. The molecule has 0 aliphatic carbocycles. The van der Waals surface area contributed by atoms with Crippen molar-refractivity contribution in [3.63, 3.8) is 0 Å². The highest BCUT2D eigenvalue weighted by atomic mass is 79.9. The van der Waals surface area contributed by atoms with Crippen LogP contribution in [-0.2, 0) is 10.7 Å². The Bertz CT molecular complexity index is 440. The van der Waals surface area contributed by atoms with Crippen LogP contribution in [0.4, 0.5) is 8.78 Å². The van der Waals surface area contributed by atoms with Gasteiger partial charge in [-0.2, -0.15) is 8.78 Å². The van der Waals surface area contributed by atoms with E-state index < -0.39 is 17.5 Å². The van der Waals surface area contributed by atoms with Gasteiger partial charge in [-0.05, 0) is 28.3 Å². The van der Waals surface area contributed by atoms with E-state index >= 15 is 0 Å². The summed E-state index contributed by atoms with van der Waals surface area (Å²) in [7, 11) is 0. The molecule has 0 amide bonds. The molecule has 0 aliphatic rings. The summed E-state index contributed by atoms with van der Waals surface area (Å²) in [5.74, 6) is -6.14. The zero-order chi connectivity index (χ0) is 12.5. The molecule has 0 bridgehead atoms. The third-order valence-electron chi connectivity index (χ3n) is 1.86. The van der Waals surface area contributed by atoms with E-state index in [1.54, 1.807) is 6.26 Å². The van der Waals surface area contributed by atoms with Gasteiger partial charge in [0.05, 0.1) is 5.02 Å². The molecular weight excluding hydrogens is 326 g/mol. The van der Waals surface area contributed by atoms with Crippen LogP contribution >= 0.6 is 39.3 Å². The molecule has 1 N–H and O–H groups in total. The largest absolute Gasteiger partial charge is 0.477 e. The average Bonchev–Trinajstić information content (AvgIpc) is 2.21. The molecule has 7 heteroatoms. The number of carboxylic acids is 1. The number of alkyl halides is 2. The van der Waals surface area contributed by atoms with Crippen molar-refractivity contribution in [1.82, 2.24) is 0 Å². The van der Waals surface area contributed by atoms with E-state index in [1.165, 1.54) is 6.07 Å². The van der Waals surface area contributed by atoms with Crippen LogP contribution < -0.4 is 0 Å². The minimum Gasteiger partial charge on any atom is -0.477 e. The van der Waals surface area contributed by atoms with Gasteiger partial charge in [-0.25, -0.2) is 4.79 Å². The summed E-state index contributed by atoms with van der Waals surface area (Å²) >= 11 is 9.88. The summed E-state index contributed by atoms with van der Waals surface area (Å²) < 4.78 is 27.1. The minimum absolute atomic E-state index is 0.0587. The quantitative estimate of drug-likeness (QED) is 0.851. The van der Waals surface area contributed by atoms with Gasteiger partial charge in [-0.15, -0.1) is 11.8 Å². The fourth-order valence-corrected chi connectivity index (χ4v) is 2.66. The van der Waals surface area contributed by atoms with Gasteiger partial charge >= 0.3 is 11.9 Å². The fraction of sp³-hybridized carbons (Fsp3) is 0.222. The monoisotopic (exact) mass is 330 g/mol. The Labute approximate surface area is 108 Å². The molecular formula is C9H6BrClF2O2S. The Kier molecular flexibility index (Phi) is 4.20. The van der Waals surface area contributed by atoms with E-state index in [0.717, 1.165) is 17.8 Å². The Balaban J connectivity index is 3.46. The lowest BCUT2D eigenvalue weighted by Gasteiger charge is -2.16. The van der Waals surface area contributed by atoms with Crippen LogP contribution in [0.2, 0.25) is 5.02 Å². The first kappa shape index (κ1) is 13.7. The van der Waals surface area contributed by atoms with Crippen molar-refractivity contribution in [1.29, 1.82) is 0 Å². The van der Waals surface area contributed by atoms with Gasteiger partial charge in [0.25, 0.3) is 0 Å². The van der Waals surface area contributed by atoms with E-state index in [2.05, 4.69) is 15.9 Å². The van der Waals surface area contributed by atoms with Gasteiger partial charge in [0.1, 0.15) is 0 Å². The summed E-state index contributed by atoms with van der Waals surface area (Å²) in [6, 6.07) is 2.35. The van der Waals surface area contributed by atoms with Crippen LogP contribution in [0.25, 0.3) is 0 Å². The highest BCUT2D eigenvalue weighted by molar-refractivity contribution is 9.10. The van der Waals surface area contributed by atoms with Crippen molar-refractivity contribution in [2.75, 3.05) is 6.26 Å². The van der Waals surface area contributed by atoms with Crippen molar-refractivity contribution in [3.8, 4) is 0 Å². The maximum absolute atomic E-state index is 13.4. The van der Waals surface area contributed by atoms with Crippen molar-refractivity contribution in [3.05, 3.63) is 27.2 Å². The number of benzene rings is 1. The van der Waals surface area contributed by atoms with Crippen LogP contribution in [0.1, 0.15) is 5.56 Å². The van der Waals surface area contributed by atoms with Crippen LogP contribution in [-0.4, -0.2) is 17.3 Å². The zero-order valence-electron chi connectivity index (χ0n) is 7.93. The zero-order valence-corrected chi connectivity index (χ0v) is 11.1. The number of hydrogen-bond acceptors (Lipinski definition) is 2. The molecule has 1 aromatic rings. The number of carbonyl (C=O) groups is 1. The standard InChI is InChI=1S/C9H6BrClF2O2S/c1-16-7-4(9(12,13)8(14)15)2-3-5(10)6(7)11/h2-3H,1H3,(H,14,15). The Morgan fingerprint density at radius 1 is 1.56 bits per heavy atom. The summed E-state index contributed by atoms with van der Waals surface area (Å²) in [6.07, 6.45) is 1.55. The summed E-state index contributed by atoms with van der Waals surface area (Å²) in [5.41, 5.74) is -0.597. The second-order valence-electron chi connectivity index (χ2n) is 2.82. The van der Waals surface area contributed by atoms with Crippen LogP contribution in [0, 0.1) is 0 Å². The number of thioether (sulfide) groups is 1. The van der Waals surface area contributed by atoms with Crippen molar-refractivity contribution in [2.45, 2.75) is 10.8 Å². The second kappa shape index (κ2) is 4.89. The SMILES string of the molecule is CSc1c(C(F)(F)C(=O)O)ccc(Br)c1Cl. The first-order valence-corrected chi connectivity index (χ1v) is 6.35. The normalized spacial score (nSPS) is 11.6. The molecule has 1 rings (SSSR count). The molecule has 0 atom stereocenters. The predicted octanol–water partition coefficient (Wildman–Crippen LogP) is 4.00. The van der Waals surface area contributed by atoms with Gasteiger partial charge in [0, 0.05) is 14.9 Å². The highest BCUT2D eigenvalue weighted by Gasteiger charge is 2.43. The molecule has 0 fully saturated rings. The van der Waals surface area contributed by atoms with Gasteiger partial charge < -0.3 is 5.11 Å². The molecule has 0 saturated carbocycles. The number of aliphatic carboxylic acids is 1. The first-order valence-electron chi connectivity index (χ1n) is 3.96. The third kappa shape index (κ3) is 2.33. The molecule has 0 heterocycles. The fourth-order valence-electron chi connectivity index (χ4n) is 1.09. The number of hydrogen-bond donors (Lipinski definition) is 1. The average molecular weight is 332 g/mol. The van der Waals surface area contributed by atoms with E-state index in [4.69, 9.17) is 16.7 Å². The number of rotatable bonds is 3. The van der Waals surface area contributed by atoms with Crippen LogP contribution in [0.5, 0.6) is 0 Å². The van der Waals surface area contributed by atoms with Gasteiger partial charge in [-0.3, -0.25) is 0 Å². The van der Waals surface area contributed by atoms with Crippen LogP contribution in [0.3, 0.4) is 0 Å². The molecule has 0 aliphatic heterocycles. The van der Waals surface area contributed by atoms with E-state index in [-0.39, 0.29) is 9.92 Å². The lowest BCUT2D eigenvalue weighted by molar-refractivity contribution is -0.166. The number of carboxylic acid groups (broad SMARTS) is 1. The molecule has 0 aromatic heterocycles.